The normalized spacial score (nSPS) is 22.6. The molecule has 1 N–H and O–H groups in total. The Morgan fingerprint density at radius 1 is 1.11 bits per heavy atom. The third-order valence-corrected chi connectivity index (χ3v) is 8.65. The van der Waals surface area contributed by atoms with Crippen molar-refractivity contribution in [3.8, 4) is 5.75 Å². The number of halogens is 2. The maximum atomic E-state index is 14.6. The number of carbonyl (C=O) groups excluding carboxylic acids is 1. The van der Waals surface area contributed by atoms with Crippen LogP contribution in [-0.2, 0) is 11.2 Å². The van der Waals surface area contributed by atoms with Gasteiger partial charge >= 0.3 is 0 Å². The van der Waals surface area contributed by atoms with E-state index in [2.05, 4.69) is 20.2 Å². The fraction of sp³-hybridized carbons (Fsp3) is 0.621. The monoisotopic (exact) mass is 528 g/mol. The lowest BCUT2D eigenvalue weighted by Crippen LogP contribution is -2.35. The molecule has 2 atom stereocenters. The number of nitrogens with zero attached hydrogens (tertiary/aromatic N) is 3. The second-order valence-electron chi connectivity index (χ2n) is 11.1. The molecule has 2 aromatic rings. The van der Waals surface area contributed by atoms with E-state index in [9.17, 15) is 9.18 Å². The van der Waals surface area contributed by atoms with Crippen LogP contribution in [0.5, 0.6) is 5.75 Å². The van der Waals surface area contributed by atoms with Gasteiger partial charge in [-0.15, -0.1) is 0 Å². The van der Waals surface area contributed by atoms with Crippen LogP contribution < -0.4 is 15.0 Å². The van der Waals surface area contributed by atoms with Gasteiger partial charge in [0.05, 0.1) is 30.4 Å². The van der Waals surface area contributed by atoms with Crippen molar-refractivity contribution in [3.05, 3.63) is 47.0 Å². The number of anilines is 1. The van der Waals surface area contributed by atoms with Crippen molar-refractivity contribution in [3.63, 3.8) is 0 Å². The molecule has 1 aromatic heterocycles. The summed E-state index contributed by atoms with van der Waals surface area (Å²) in [6.07, 6.45) is 14.1. The first-order chi connectivity index (χ1) is 18.0. The summed E-state index contributed by atoms with van der Waals surface area (Å²) in [4.78, 5) is 23.2. The molecule has 1 aliphatic heterocycles. The number of amides is 1. The summed E-state index contributed by atoms with van der Waals surface area (Å²) in [7, 11) is 0. The smallest absolute Gasteiger partial charge is 0.225 e. The van der Waals surface area contributed by atoms with E-state index < -0.39 is 0 Å². The number of aromatic nitrogens is 2. The summed E-state index contributed by atoms with van der Waals surface area (Å²) in [6.45, 7) is 3.27. The number of rotatable bonds is 10. The average Bonchev–Trinajstić information content (AvgIpc) is 3.70. The van der Waals surface area contributed by atoms with Crippen LogP contribution >= 0.6 is 11.6 Å². The van der Waals surface area contributed by atoms with Crippen LogP contribution in [0.3, 0.4) is 0 Å². The summed E-state index contributed by atoms with van der Waals surface area (Å²) in [5, 5.41) is 3.55. The highest BCUT2D eigenvalue weighted by molar-refractivity contribution is 6.30. The van der Waals surface area contributed by atoms with E-state index in [0.717, 1.165) is 50.1 Å². The van der Waals surface area contributed by atoms with Crippen molar-refractivity contribution in [2.24, 2.45) is 23.7 Å². The van der Waals surface area contributed by atoms with Crippen LogP contribution in [0.15, 0.2) is 30.6 Å². The van der Waals surface area contributed by atoms with Crippen molar-refractivity contribution in [1.82, 2.24) is 15.3 Å². The number of hydrogen-bond donors (Lipinski definition) is 1. The molecule has 3 fully saturated rings. The topological polar surface area (TPSA) is 67.3 Å². The molecule has 0 radical (unpaired) electrons. The minimum absolute atomic E-state index is 0.0749. The van der Waals surface area contributed by atoms with Crippen LogP contribution in [0.4, 0.5) is 10.3 Å². The maximum absolute atomic E-state index is 14.6. The molecular weight excluding hydrogens is 491 g/mol. The minimum atomic E-state index is -0.369. The van der Waals surface area contributed by atoms with Gasteiger partial charge in [-0.2, -0.15) is 0 Å². The van der Waals surface area contributed by atoms with Gasteiger partial charge in [0, 0.05) is 25.7 Å². The highest BCUT2D eigenvalue weighted by atomic mass is 35.5. The fourth-order valence-corrected chi connectivity index (χ4v) is 6.25. The summed E-state index contributed by atoms with van der Waals surface area (Å²) in [5.74, 6) is 3.61. The Morgan fingerprint density at radius 2 is 1.86 bits per heavy atom. The molecule has 0 bridgehead atoms. The zero-order valence-corrected chi connectivity index (χ0v) is 22.3. The lowest BCUT2D eigenvalue weighted by atomic mass is 9.89. The molecule has 1 saturated heterocycles. The Balaban J connectivity index is 0.988. The number of hydrogen-bond acceptors (Lipinski definition) is 5. The van der Waals surface area contributed by atoms with Crippen LogP contribution in [0, 0.1) is 29.5 Å². The van der Waals surface area contributed by atoms with Gasteiger partial charge < -0.3 is 15.0 Å². The second kappa shape index (κ2) is 12.4. The number of piperidine rings is 1. The summed E-state index contributed by atoms with van der Waals surface area (Å²) in [6, 6.07) is 4.89. The molecule has 5 rings (SSSR count). The van der Waals surface area contributed by atoms with Crippen molar-refractivity contribution < 1.29 is 13.9 Å². The third kappa shape index (κ3) is 7.34. The molecule has 0 spiro atoms. The molecule has 37 heavy (non-hydrogen) atoms. The summed E-state index contributed by atoms with van der Waals surface area (Å²) in [5.41, 5.74) is 0.422. The zero-order chi connectivity index (χ0) is 25.6. The van der Waals surface area contributed by atoms with E-state index in [-0.39, 0.29) is 18.1 Å². The molecule has 2 aliphatic carbocycles. The van der Waals surface area contributed by atoms with E-state index >= 15 is 0 Å². The Morgan fingerprint density at radius 3 is 2.59 bits per heavy atom. The summed E-state index contributed by atoms with van der Waals surface area (Å²) < 4.78 is 20.5. The molecule has 0 unspecified atom stereocenters. The number of ether oxygens (including phenoxy) is 1. The molecule has 3 aliphatic rings. The van der Waals surface area contributed by atoms with Gasteiger partial charge in [0.2, 0.25) is 11.9 Å². The lowest BCUT2D eigenvalue weighted by Gasteiger charge is -2.32. The average molecular weight is 529 g/mol. The van der Waals surface area contributed by atoms with Crippen LogP contribution in [0.1, 0.15) is 63.4 Å². The highest BCUT2D eigenvalue weighted by Gasteiger charge is 2.43. The van der Waals surface area contributed by atoms with Gasteiger partial charge in [0.25, 0.3) is 0 Å². The van der Waals surface area contributed by atoms with Crippen LogP contribution in [0.2, 0.25) is 5.02 Å². The fourth-order valence-electron chi connectivity index (χ4n) is 6.15. The van der Waals surface area contributed by atoms with Gasteiger partial charge in [-0.3, -0.25) is 4.79 Å². The van der Waals surface area contributed by atoms with Crippen molar-refractivity contribution in [2.45, 2.75) is 64.2 Å². The van der Waals surface area contributed by atoms with E-state index in [4.69, 9.17) is 16.3 Å². The Labute approximate surface area is 224 Å². The number of benzene rings is 1. The van der Waals surface area contributed by atoms with E-state index in [0.29, 0.717) is 41.3 Å². The van der Waals surface area contributed by atoms with Gasteiger partial charge in [-0.25, -0.2) is 14.4 Å². The van der Waals surface area contributed by atoms with Gasteiger partial charge in [-0.1, -0.05) is 36.9 Å². The Bertz CT molecular complexity index is 1040. The molecule has 200 valence electrons. The van der Waals surface area contributed by atoms with Gasteiger partial charge in [0.1, 0.15) is 11.6 Å². The van der Waals surface area contributed by atoms with Crippen LogP contribution in [0.25, 0.3) is 0 Å². The van der Waals surface area contributed by atoms with Crippen molar-refractivity contribution in [2.75, 3.05) is 31.1 Å². The van der Waals surface area contributed by atoms with E-state index in [1.807, 2.05) is 0 Å². The molecule has 1 amide bonds. The van der Waals surface area contributed by atoms with Gasteiger partial charge in [-0.05, 0) is 73.8 Å². The minimum Gasteiger partial charge on any atom is -0.493 e. The molecule has 6 nitrogen and oxygen atoms in total. The highest BCUT2D eigenvalue weighted by Crippen LogP contribution is 2.49. The second-order valence-corrected chi connectivity index (χ2v) is 11.5. The van der Waals surface area contributed by atoms with E-state index in [1.165, 1.54) is 44.6 Å². The molecule has 1 aromatic carbocycles. The zero-order valence-electron chi connectivity index (χ0n) is 21.5. The van der Waals surface area contributed by atoms with Crippen molar-refractivity contribution >= 4 is 23.5 Å². The Hall–Kier alpha value is -2.41. The standard InChI is InChI=1S/C29H38ClFN4O2/c30-24-18-33-29(34-19-24)35-11-8-21(9-12-35)26-14-22(26)10-13-37-25-7-6-23(27(31)16-25)15-28(36)32-17-20-4-2-1-3-5-20/h6-7,16,18-22,26H,1-5,8-15,17H2,(H,32,36)/t22-,26-/m1/s1. The number of nitrogens with one attached hydrogen (secondary N) is 1. The first-order valence-electron chi connectivity index (χ1n) is 14.0. The molecular formula is C29H38ClFN4O2. The van der Waals surface area contributed by atoms with Crippen molar-refractivity contribution in [1.29, 1.82) is 0 Å². The van der Waals surface area contributed by atoms with Gasteiger partial charge in [0.15, 0.2) is 0 Å². The SMILES string of the molecule is O=C(Cc1ccc(OCC[C@@H]2C[C@@H]2C2CCN(c3ncc(Cl)cn3)CC2)cc1F)NCC1CCCCC1. The molecule has 8 heteroatoms. The first-order valence-corrected chi connectivity index (χ1v) is 14.3. The number of carbonyl (C=O) groups is 1. The summed E-state index contributed by atoms with van der Waals surface area (Å²) >= 11 is 5.90. The largest absolute Gasteiger partial charge is 0.493 e. The quantitative estimate of drug-likeness (QED) is 0.420. The maximum Gasteiger partial charge on any atom is 0.225 e. The first kappa shape index (κ1) is 26.2. The third-order valence-electron chi connectivity index (χ3n) is 8.46. The predicted octanol–water partition coefficient (Wildman–Crippen LogP) is 5.83. The molecule has 2 saturated carbocycles. The molecule has 2 heterocycles. The van der Waals surface area contributed by atoms with E-state index in [1.54, 1.807) is 24.5 Å². The van der Waals surface area contributed by atoms with Crippen LogP contribution in [-0.4, -0.2) is 42.1 Å². The Kier molecular flexibility index (Phi) is 8.80. The predicted molar refractivity (Wildman–Crippen MR) is 143 cm³/mol. The lowest BCUT2D eigenvalue weighted by molar-refractivity contribution is -0.120.